The van der Waals surface area contributed by atoms with E-state index in [-0.39, 0.29) is 6.61 Å². The molecule has 0 unspecified atom stereocenters. The Morgan fingerprint density at radius 1 is 1.37 bits per heavy atom. The van der Waals surface area contributed by atoms with Crippen molar-refractivity contribution in [3.8, 4) is 0 Å². The van der Waals surface area contributed by atoms with Crippen LogP contribution in [0.3, 0.4) is 0 Å². The third-order valence-electron chi connectivity index (χ3n) is 4.84. The largest absolute Gasteiger partial charge is 0.458 e. The zero-order chi connectivity index (χ0) is 21.4. The van der Waals surface area contributed by atoms with Crippen molar-refractivity contribution in [1.29, 1.82) is 0 Å². The number of imidazole rings is 1. The molecule has 0 aliphatic heterocycles. The van der Waals surface area contributed by atoms with Gasteiger partial charge in [-0.2, -0.15) is 0 Å². The monoisotopic (exact) mass is 442 g/mol. The Morgan fingerprint density at radius 2 is 2.17 bits per heavy atom. The van der Waals surface area contributed by atoms with Gasteiger partial charge in [0, 0.05) is 34.7 Å². The second kappa shape index (κ2) is 8.08. The standard InChI is InChI=1S/C22H19ClN2O4S/c1-12(2)15-10-16-14(9-20(27)29-18(16)8-13(15)3)11-28-19(26)5-4-17-21(23)24-22-25(17)6-7-30-22/h4-10,12H,11H2,1-3H3/b5-4-. The first kappa shape index (κ1) is 20.4. The molecule has 0 spiro atoms. The van der Waals surface area contributed by atoms with Gasteiger partial charge in [0.2, 0.25) is 0 Å². The topological polar surface area (TPSA) is 73.8 Å². The van der Waals surface area contributed by atoms with E-state index in [0.29, 0.717) is 27.9 Å². The number of esters is 1. The molecule has 0 saturated heterocycles. The summed E-state index contributed by atoms with van der Waals surface area (Å²) in [6.45, 7) is 6.14. The quantitative estimate of drug-likeness (QED) is 0.237. The normalized spacial score (nSPS) is 11.9. The second-order valence-electron chi connectivity index (χ2n) is 7.23. The van der Waals surface area contributed by atoms with Gasteiger partial charge in [0.1, 0.15) is 12.2 Å². The number of carbonyl (C=O) groups excluding carboxylic acids is 1. The average Bonchev–Trinajstić information content (AvgIpc) is 3.24. The number of thiazole rings is 1. The molecule has 0 saturated carbocycles. The Kier molecular flexibility index (Phi) is 5.49. The highest BCUT2D eigenvalue weighted by Crippen LogP contribution is 2.27. The maximum absolute atomic E-state index is 12.3. The lowest BCUT2D eigenvalue weighted by Gasteiger charge is -2.13. The van der Waals surface area contributed by atoms with Crippen LogP contribution in [0.5, 0.6) is 0 Å². The molecule has 8 heteroatoms. The summed E-state index contributed by atoms with van der Waals surface area (Å²) >= 11 is 7.58. The van der Waals surface area contributed by atoms with E-state index >= 15 is 0 Å². The van der Waals surface area contributed by atoms with Gasteiger partial charge in [0.25, 0.3) is 0 Å². The molecule has 0 radical (unpaired) electrons. The summed E-state index contributed by atoms with van der Waals surface area (Å²) in [5.74, 6) is -0.233. The minimum absolute atomic E-state index is 0.0418. The number of benzene rings is 1. The number of ether oxygens (including phenoxy) is 1. The summed E-state index contributed by atoms with van der Waals surface area (Å²) in [6.07, 6.45) is 4.69. The fourth-order valence-electron chi connectivity index (χ4n) is 3.40. The maximum atomic E-state index is 12.3. The molecule has 4 rings (SSSR count). The number of nitrogens with zero attached hydrogens (tertiary/aromatic N) is 2. The van der Waals surface area contributed by atoms with Gasteiger partial charge in [-0.3, -0.25) is 4.40 Å². The fourth-order valence-corrected chi connectivity index (χ4v) is 4.41. The molecule has 0 aliphatic carbocycles. The summed E-state index contributed by atoms with van der Waals surface area (Å²) in [5.41, 5.74) is 3.41. The van der Waals surface area contributed by atoms with Gasteiger partial charge >= 0.3 is 11.6 Å². The van der Waals surface area contributed by atoms with E-state index in [9.17, 15) is 9.59 Å². The second-order valence-corrected chi connectivity index (χ2v) is 8.47. The predicted octanol–water partition coefficient (Wildman–Crippen LogP) is 5.34. The van der Waals surface area contributed by atoms with Crippen LogP contribution in [0.2, 0.25) is 5.15 Å². The Balaban J connectivity index is 1.57. The van der Waals surface area contributed by atoms with E-state index in [1.54, 1.807) is 10.5 Å². The third kappa shape index (κ3) is 3.91. The average molecular weight is 443 g/mol. The van der Waals surface area contributed by atoms with Gasteiger partial charge < -0.3 is 9.15 Å². The van der Waals surface area contributed by atoms with Gasteiger partial charge in [-0.25, -0.2) is 14.6 Å². The van der Waals surface area contributed by atoms with Crippen molar-refractivity contribution in [3.63, 3.8) is 0 Å². The molecule has 4 aromatic rings. The predicted molar refractivity (Wildman–Crippen MR) is 118 cm³/mol. The van der Waals surface area contributed by atoms with Crippen molar-refractivity contribution in [2.75, 3.05) is 0 Å². The number of hydrogen-bond acceptors (Lipinski definition) is 6. The van der Waals surface area contributed by atoms with E-state index in [1.165, 1.54) is 23.5 Å². The number of carbonyl (C=O) groups is 1. The lowest BCUT2D eigenvalue weighted by Crippen LogP contribution is -2.06. The number of aromatic nitrogens is 2. The number of rotatable bonds is 5. The summed E-state index contributed by atoms with van der Waals surface area (Å²) in [7, 11) is 0. The molecule has 0 amide bonds. The van der Waals surface area contributed by atoms with Gasteiger partial charge in [-0.15, -0.1) is 11.3 Å². The molecule has 154 valence electrons. The molecule has 3 heterocycles. The summed E-state index contributed by atoms with van der Waals surface area (Å²) in [6, 6.07) is 5.21. The summed E-state index contributed by atoms with van der Waals surface area (Å²) < 4.78 is 12.5. The molecular weight excluding hydrogens is 424 g/mol. The van der Waals surface area contributed by atoms with Crippen LogP contribution < -0.4 is 5.63 Å². The van der Waals surface area contributed by atoms with E-state index in [0.717, 1.165) is 21.5 Å². The molecule has 6 nitrogen and oxygen atoms in total. The maximum Gasteiger partial charge on any atom is 0.336 e. The Bertz CT molecular complexity index is 1350. The highest BCUT2D eigenvalue weighted by molar-refractivity contribution is 7.15. The Hall–Kier alpha value is -2.90. The molecule has 30 heavy (non-hydrogen) atoms. The summed E-state index contributed by atoms with van der Waals surface area (Å²) in [5, 5.41) is 2.96. The van der Waals surface area contributed by atoms with Gasteiger partial charge in [-0.05, 0) is 42.2 Å². The lowest BCUT2D eigenvalue weighted by atomic mass is 9.95. The molecule has 0 bridgehead atoms. The minimum Gasteiger partial charge on any atom is -0.458 e. The molecule has 0 fully saturated rings. The highest BCUT2D eigenvalue weighted by Gasteiger charge is 2.13. The number of fused-ring (bicyclic) bond motifs is 2. The van der Waals surface area contributed by atoms with Crippen LogP contribution in [0.25, 0.3) is 22.0 Å². The Labute approximate surface area is 181 Å². The SMILES string of the molecule is Cc1cc2oc(=O)cc(COC(=O)/C=C\c3c(Cl)nc4sccn34)c2cc1C(C)C. The van der Waals surface area contributed by atoms with Gasteiger partial charge in [0.15, 0.2) is 10.1 Å². The van der Waals surface area contributed by atoms with Crippen molar-refractivity contribution >= 4 is 50.9 Å². The van der Waals surface area contributed by atoms with Crippen molar-refractivity contribution in [2.45, 2.75) is 33.3 Å². The first-order valence-electron chi connectivity index (χ1n) is 9.36. The summed E-state index contributed by atoms with van der Waals surface area (Å²) in [4.78, 5) is 29.2. The molecule has 3 aromatic heterocycles. The van der Waals surface area contributed by atoms with Crippen molar-refractivity contribution < 1.29 is 13.9 Å². The zero-order valence-electron chi connectivity index (χ0n) is 16.6. The first-order valence-corrected chi connectivity index (χ1v) is 10.6. The number of aryl methyl sites for hydroxylation is 1. The molecular formula is C22H19ClN2O4S. The van der Waals surface area contributed by atoms with Crippen LogP contribution in [0.1, 0.15) is 42.1 Å². The van der Waals surface area contributed by atoms with E-state index in [1.807, 2.05) is 30.6 Å². The Morgan fingerprint density at radius 3 is 2.93 bits per heavy atom. The van der Waals surface area contributed by atoms with E-state index < -0.39 is 11.6 Å². The number of hydrogen-bond donors (Lipinski definition) is 0. The van der Waals surface area contributed by atoms with Crippen molar-refractivity contribution in [2.24, 2.45) is 0 Å². The molecule has 0 aliphatic rings. The fraction of sp³-hybridized carbons (Fsp3) is 0.227. The van der Waals surface area contributed by atoms with Crippen LogP contribution in [0.4, 0.5) is 0 Å². The minimum atomic E-state index is -0.547. The first-order chi connectivity index (χ1) is 14.3. The number of halogens is 1. The van der Waals surface area contributed by atoms with Crippen LogP contribution in [0, 0.1) is 6.92 Å². The van der Waals surface area contributed by atoms with Crippen molar-refractivity contribution in [1.82, 2.24) is 9.38 Å². The van der Waals surface area contributed by atoms with Crippen LogP contribution in [0.15, 0.2) is 45.1 Å². The smallest absolute Gasteiger partial charge is 0.336 e. The van der Waals surface area contributed by atoms with Crippen LogP contribution in [-0.4, -0.2) is 15.4 Å². The highest BCUT2D eigenvalue weighted by atomic mass is 35.5. The van der Waals surface area contributed by atoms with Crippen LogP contribution in [-0.2, 0) is 16.1 Å². The molecule has 0 atom stereocenters. The van der Waals surface area contributed by atoms with E-state index in [4.69, 9.17) is 20.8 Å². The lowest BCUT2D eigenvalue weighted by molar-refractivity contribution is -0.138. The van der Waals surface area contributed by atoms with E-state index in [2.05, 4.69) is 18.8 Å². The van der Waals surface area contributed by atoms with Crippen molar-refractivity contribution in [3.05, 3.63) is 73.8 Å². The van der Waals surface area contributed by atoms with Gasteiger partial charge in [-0.1, -0.05) is 25.4 Å². The zero-order valence-corrected chi connectivity index (χ0v) is 18.2. The van der Waals surface area contributed by atoms with Gasteiger partial charge in [0.05, 0.1) is 5.69 Å². The van der Waals surface area contributed by atoms with Crippen LogP contribution >= 0.6 is 22.9 Å². The molecule has 1 aromatic carbocycles. The third-order valence-corrected chi connectivity index (χ3v) is 5.87. The molecule has 0 N–H and O–H groups in total.